The number of nitrogens with zero attached hydrogens (tertiary/aromatic N) is 3. The van der Waals surface area contributed by atoms with Crippen molar-refractivity contribution < 1.29 is 14.3 Å². The Balaban J connectivity index is 1.67. The number of amides is 1. The van der Waals surface area contributed by atoms with Gasteiger partial charge in [-0.2, -0.15) is 0 Å². The second-order valence-electron chi connectivity index (χ2n) is 7.96. The molecule has 10 nitrogen and oxygen atoms in total. The maximum absolute atomic E-state index is 13.3. The molecule has 4 rings (SSSR count). The first-order chi connectivity index (χ1) is 15.4. The molecule has 2 unspecified atom stereocenters. The molecule has 10 heteroatoms. The van der Waals surface area contributed by atoms with Crippen LogP contribution in [0.25, 0.3) is 11.0 Å². The molecule has 170 valence electrons. The molecule has 0 radical (unpaired) electrons. The Bertz CT molecular complexity index is 1200. The molecule has 3 N–H and O–H groups in total. The molecule has 3 aromatic rings. The number of hydrogen-bond donors (Lipinski definition) is 3. The zero-order chi connectivity index (χ0) is 22.8. The average Bonchev–Trinajstić information content (AvgIpc) is 3.09. The Morgan fingerprint density at radius 3 is 2.97 bits per heavy atom. The van der Waals surface area contributed by atoms with Gasteiger partial charge in [-0.3, -0.25) is 9.59 Å². The van der Waals surface area contributed by atoms with E-state index in [1.807, 2.05) is 11.5 Å². The summed E-state index contributed by atoms with van der Waals surface area (Å²) in [5, 5.41) is 6.87. The molecule has 2 atom stereocenters. The standard InChI is InChI=1S/C22H28N6O4/c1-12-7-17(31-4)15(21(29)27-12)9-25-22(30)19-14(3)28(20-16(19)8-24-11-26-20)13(2)18-10-23-5-6-32-18/h7-8,11,13,18,23H,5-6,9-10H2,1-4H3,(H,25,30)(H,27,29). The van der Waals surface area contributed by atoms with Gasteiger partial charge in [-0.05, 0) is 26.8 Å². The number of nitrogens with one attached hydrogen (secondary N) is 3. The van der Waals surface area contributed by atoms with Crippen molar-refractivity contribution in [3.05, 3.63) is 51.5 Å². The van der Waals surface area contributed by atoms with Crippen LogP contribution in [0.3, 0.4) is 0 Å². The molecule has 3 aromatic heterocycles. The third-order valence-electron chi connectivity index (χ3n) is 5.92. The van der Waals surface area contributed by atoms with Crippen molar-refractivity contribution in [2.75, 3.05) is 26.8 Å². The van der Waals surface area contributed by atoms with Crippen LogP contribution in [0.1, 0.15) is 40.3 Å². The van der Waals surface area contributed by atoms with Crippen LogP contribution in [0.4, 0.5) is 0 Å². The molecule has 32 heavy (non-hydrogen) atoms. The van der Waals surface area contributed by atoms with Gasteiger partial charge in [-0.1, -0.05) is 0 Å². The highest BCUT2D eigenvalue weighted by atomic mass is 16.5. The molecule has 4 heterocycles. The van der Waals surface area contributed by atoms with Crippen molar-refractivity contribution in [3.8, 4) is 5.75 Å². The molecule has 0 aromatic carbocycles. The van der Waals surface area contributed by atoms with Crippen LogP contribution in [0.5, 0.6) is 5.75 Å². The first kappa shape index (κ1) is 22.0. The molecule has 0 aliphatic carbocycles. The number of carbonyl (C=O) groups excluding carboxylic acids is 1. The molecule has 1 fully saturated rings. The summed E-state index contributed by atoms with van der Waals surface area (Å²) in [5.74, 6) is 0.127. The SMILES string of the molecule is COc1cc(C)[nH]c(=O)c1CNC(=O)c1c(C)n(C(C)C2CNCCO2)c2ncncc12. The number of hydrogen-bond acceptors (Lipinski definition) is 7. The lowest BCUT2D eigenvalue weighted by atomic mass is 10.1. The van der Waals surface area contributed by atoms with Gasteiger partial charge in [0.2, 0.25) is 0 Å². The van der Waals surface area contributed by atoms with Crippen LogP contribution >= 0.6 is 0 Å². The lowest BCUT2D eigenvalue weighted by Crippen LogP contribution is -2.42. The van der Waals surface area contributed by atoms with Gasteiger partial charge in [0.25, 0.3) is 11.5 Å². The minimum absolute atomic E-state index is 0.0304. The Labute approximate surface area is 185 Å². The first-order valence-electron chi connectivity index (χ1n) is 10.6. The van der Waals surface area contributed by atoms with E-state index in [1.165, 1.54) is 13.4 Å². The van der Waals surface area contributed by atoms with E-state index in [2.05, 4.69) is 32.5 Å². The van der Waals surface area contributed by atoms with Gasteiger partial charge in [0.05, 0.1) is 48.9 Å². The molecule has 0 spiro atoms. The fourth-order valence-electron chi connectivity index (χ4n) is 4.31. The van der Waals surface area contributed by atoms with Gasteiger partial charge in [0.15, 0.2) is 0 Å². The summed E-state index contributed by atoms with van der Waals surface area (Å²) in [6.07, 6.45) is 3.08. The van der Waals surface area contributed by atoms with Gasteiger partial charge in [-0.25, -0.2) is 9.97 Å². The summed E-state index contributed by atoms with van der Waals surface area (Å²) >= 11 is 0. The largest absolute Gasteiger partial charge is 0.496 e. The van der Waals surface area contributed by atoms with Crippen LogP contribution in [-0.4, -0.2) is 58.3 Å². The average molecular weight is 441 g/mol. The van der Waals surface area contributed by atoms with Crippen LogP contribution in [0, 0.1) is 13.8 Å². The van der Waals surface area contributed by atoms with E-state index in [1.54, 1.807) is 19.2 Å². The number of methoxy groups -OCH3 is 1. The molecule has 0 saturated carbocycles. The van der Waals surface area contributed by atoms with Gasteiger partial charge < -0.3 is 29.7 Å². The van der Waals surface area contributed by atoms with E-state index >= 15 is 0 Å². The van der Waals surface area contributed by atoms with Crippen LogP contribution < -0.4 is 20.9 Å². The molecule has 1 aliphatic heterocycles. The predicted octanol–water partition coefficient (Wildman–Crippen LogP) is 1.22. The number of H-pyrrole nitrogens is 1. The minimum atomic E-state index is -0.307. The Hall–Kier alpha value is -3.24. The first-order valence-corrected chi connectivity index (χ1v) is 10.6. The highest BCUT2D eigenvalue weighted by Crippen LogP contribution is 2.29. The number of pyridine rings is 1. The molecule has 1 aliphatic rings. The maximum Gasteiger partial charge on any atom is 0.256 e. The maximum atomic E-state index is 13.3. The van der Waals surface area contributed by atoms with Crippen molar-refractivity contribution in [2.45, 2.75) is 39.5 Å². The van der Waals surface area contributed by atoms with Gasteiger partial charge >= 0.3 is 0 Å². The number of carbonyl (C=O) groups is 1. The quantitative estimate of drug-likeness (QED) is 0.527. The van der Waals surface area contributed by atoms with Crippen molar-refractivity contribution in [1.29, 1.82) is 0 Å². The summed E-state index contributed by atoms with van der Waals surface area (Å²) in [5.41, 5.74) is 2.68. The van der Waals surface area contributed by atoms with Gasteiger partial charge in [0.1, 0.15) is 17.7 Å². The molecule has 1 amide bonds. The van der Waals surface area contributed by atoms with Crippen molar-refractivity contribution >= 4 is 16.9 Å². The second-order valence-corrected chi connectivity index (χ2v) is 7.96. The number of ether oxygens (including phenoxy) is 2. The van der Waals surface area contributed by atoms with Gasteiger partial charge in [0, 0.05) is 30.7 Å². The van der Waals surface area contributed by atoms with Crippen LogP contribution in [-0.2, 0) is 11.3 Å². The fraction of sp³-hybridized carbons (Fsp3) is 0.455. The third-order valence-corrected chi connectivity index (χ3v) is 5.92. The van der Waals surface area contributed by atoms with Crippen LogP contribution in [0.2, 0.25) is 0 Å². The van der Waals surface area contributed by atoms with E-state index < -0.39 is 0 Å². The topological polar surface area (TPSA) is 123 Å². The Morgan fingerprint density at radius 2 is 2.25 bits per heavy atom. The van der Waals surface area contributed by atoms with E-state index in [0.717, 1.165) is 18.8 Å². The highest BCUT2D eigenvalue weighted by Gasteiger charge is 2.29. The predicted molar refractivity (Wildman–Crippen MR) is 119 cm³/mol. The van der Waals surface area contributed by atoms with Crippen molar-refractivity contribution in [3.63, 3.8) is 0 Å². The van der Waals surface area contributed by atoms with E-state index in [-0.39, 0.29) is 30.2 Å². The summed E-state index contributed by atoms with van der Waals surface area (Å²) in [6, 6.07) is 1.69. The van der Waals surface area contributed by atoms with Crippen LogP contribution in [0.15, 0.2) is 23.4 Å². The zero-order valence-electron chi connectivity index (χ0n) is 18.7. The Kier molecular flexibility index (Phi) is 6.24. The summed E-state index contributed by atoms with van der Waals surface area (Å²) < 4.78 is 13.3. The Morgan fingerprint density at radius 1 is 1.44 bits per heavy atom. The summed E-state index contributed by atoms with van der Waals surface area (Å²) in [7, 11) is 1.50. The number of aromatic nitrogens is 4. The molecule has 1 saturated heterocycles. The normalized spacial score (nSPS) is 17.3. The van der Waals surface area contributed by atoms with Crippen molar-refractivity contribution in [1.82, 2.24) is 30.2 Å². The minimum Gasteiger partial charge on any atom is -0.496 e. The molecular weight excluding hydrogens is 412 g/mol. The lowest BCUT2D eigenvalue weighted by Gasteiger charge is -2.30. The highest BCUT2D eigenvalue weighted by molar-refractivity contribution is 6.07. The number of aryl methyl sites for hydroxylation is 1. The monoisotopic (exact) mass is 440 g/mol. The van der Waals surface area contributed by atoms with E-state index in [0.29, 0.717) is 40.2 Å². The summed E-state index contributed by atoms with van der Waals surface area (Å²) in [4.78, 5) is 37.0. The fourth-order valence-corrected chi connectivity index (χ4v) is 4.31. The smallest absolute Gasteiger partial charge is 0.256 e. The van der Waals surface area contributed by atoms with E-state index in [9.17, 15) is 9.59 Å². The zero-order valence-corrected chi connectivity index (χ0v) is 18.7. The second kappa shape index (κ2) is 9.09. The molecular formula is C22H28N6O4. The van der Waals surface area contributed by atoms with Crippen molar-refractivity contribution in [2.24, 2.45) is 0 Å². The molecule has 0 bridgehead atoms. The lowest BCUT2D eigenvalue weighted by molar-refractivity contribution is 0.0000608. The number of fused-ring (bicyclic) bond motifs is 1. The van der Waals surface area contributed by atoms with Gasteiger partial charge in [-0.15, -0.1) is 0 Å². The van der Waals surface area contributed by atoms with E-state index in [4.69, 9.17) is 9.47 Å². The summed E-state index contributed by atoms with van der Waals surface area (Å²) in [6.45, 7) is 7.95. The number of rotatable bonds is 6. The number of morpholine rings is 1. The number of aromatic amines is 1. The third kappa shape index (κ3) is 3.98.